The van der Waals surface area contributed by atoms with E-state index >= 15 is 0 Å². The van der Waals surface area contributed by atoms with Crippen LogP contribution in [0.1, 0.15) is 20.3 Å². The predicted molar refractivity (Wildman–Crippen MR) is 70.5 cm³/mol. The van der Waals surface area contributed by atoms with E-state index in [2.05, 4.69) is 24.1 Å². The number of hydrogen-bond acceptors (Lipinski definition) is 4. The van der Waals surface area contributed by atoms with E-state index in [1.165, 1.54) is 0 Å². The highest BCUT2D eigenvalue weighted by Gasteiger charge is 2.27. The van der Waals surface area contributed by atoms with Crippen LogP contribution in [0.15, 0.2) is 0 Å². The molecular weight excluding hydrogens is 230 g/mol. The Balaban J connectivity index is 1.79. The molecule has 0 aromatic rings. The summed E-state index contributed by atoms with van der Waals surface area (Å²) in [6.07, 6.45) is 0.568. The summed E-state index contributed by atoms with van der Waals surface area (Å²) in [7, 11) is 0. The van der Waals surface area contributed by atoms with Gasteiger partial charge in [-0.3, -0.25) is 9.69 Å². The average Bonchev–Trinajstić information content (AvgIpc) is 2.39. The Bertz CT molecular complexity index is 279. The van der Waals surface area contributed by atoms with Crippen LogP contribution in [0.5, 0.6) is 0 Å². The quantitative estimate of drug-likeness (QED) is 0.766. The van der Waals surface area contributed by atoms with Crippen LogP contribution in [0.3, 0.4) is 0 Å². The van der Waals surface area contributed by atoms with Gasteiger partial charge in [0, 0.05) is 44.7 Å². The third kappa shape index (κ3) is 3.43. The lowest BCUT2D eigenvalue weighted by Gasteiger charge is -2.40. The summed E-state index contributed by atoms with van der Waals surface area (Å²) in [6, 6.07) is 0.675. The van der Waals surface area contributed by atoms with Crippen molar-refractivity contribution < 1.29 is 9.53 Å². The van der Waals surface area contributed by atoms with Crippen LogP contribution in [-0.2, 0) is 9.53 Å². The summed E-state index contributed by atoms with van der Waals surface area (Å²) in [5, 5.41) is 3.34. The molecular formula is C13H25N3O2. The monoisotopic (exact) mass is 255 g/mol. The zero-order chi connectivity index (χ0) is 13.0. The minimum atomic E-state index is 0.200. The molecule has 104 valence electrons. The van der Waals surface area contributed by atoms with Gasteiger partial charge in [-0.1, -0.05) is 6.92 Å². The SMILES string of the molecule is CCN1CCN(C(=O)CC2COCCN2)CC1C. The zero-order valence-electron chi connectivity index (χ0n) is 11.5. The molecule has 2 rings (SSSR count). The number of ether oxygens (including phenoxy) is 1. The summed E-state index contributed by atoms with van der Waals surface area (Å²) in [6.45, 7) is 10.5. The fraction of sp³-hybridized carbons (Fsp3) is 0.923. The maximum Gasteiger partial charge on any atom is 0.224 e. The first-order valence-electron chi connectivity index (χ1n) is 7.03. The topological polar surface area (TPSA) is 44.8 Å². The molecule has 0 aromatic heterocycles. The molecule has 0 aromatic carbocycles. The first-order valence-corrected chi connectivity index (χ1v) is 7.03. The van der Waals surface area contributed by atoms with Crippen molar-refractivity contribution >= 4 is 5.91 Å². The fourth-order valence-electron chi connectivity index (χ4n) is 2.78. The van der Waals surface area contributed by atoms with Crippen molar-refractivity contribution in [2.45, 2.75) is 32.4 Å². The van der Waals surface area contributed by atoms with Gasteiger partial charge in [-0.25, -0.2) is 0 Å². The van der Waals surface area contributed by atoms with E-state index in [0.717, 1.165) is 39.3 Å². The molecule has 0 bridgehead atoms. The Labute approximate surface area is 109 Å². The van der Waals surface area contributed by atoms with Gasteiger partial charge in [0.2, 0.25) is 5.91 Å². The Kier molecular flexibility index (Phi) is 4.97. The molecule has 1 amide bonds. The first kappa shape index (κ1) is 13.8. The third-order valence-corrected chi connectivity index (χ3v) is 3.94. The molecule has 2 heterocycles. The van der Waals surface area contributed by atoms with Crippen LogP contribution in [0.25, 0.3) is 0 Å². The molecule has 18 heavy (non-hydrogen) atoms. The van der Waals surface area contributed by atoms with Crippen molar-refractivity contribution in [2.24, 2.45) is 0 Å². The highest BCUT2D eigenvalue weighted by atomic mass is 16.5. The van der Waals surface area contributed by atoms with E-state index in [0.29, 0.717) is 19.1 Å². The molecule has 2 unspecified atom stereocenters. The Morgan fingerprint density at radius 3 is 2.89 bits per heavy atom. The lowest BCUT2D eigenvalue weighted by Crippen LogP contribution is -2.54. The van der Waals surface area contributed by atoms with Gasteiger partial charge in [0.15, 0.2) is 0 Å². The second-order valence-corrected chi connectivity index (χ2v) is 5.25. The van der Waals surface area contributed by atoms with E-state index in [1.807, 2.05) is 4.90 Å². The van der Waals surface area contributed by atoms with E-state index in [9.17, 15) is 4.79 Å². The smallest absolute Gasteiger partial charge is 0.224 e. The van der Waals surface area contributed by atoms with Crippen LogP contribution in [0.2, 0.25) is 0 Å². The number of hydrogen-bond donors (Lipinski definition) is 1. The van der Waals surface area contributed by atoms with Crippen molar-refractivity contribution in [1.29, 1.82) is 0 Å². The number of morpholine rings is 1. The summed E-state index contributed by atoms with van der Waals surface area (Å²) in [4.78, 5) is 16.6. The number of nitrogens with one attached hydrogen (secondary N) is 1. The molecule has 2 aliphatic heterocycles. The lowest BCUT2D eigenvalue weighted by atomic mass is 10.1. The van der Waals surface area contributed by atoms with Crippen molar-refractivity contribution in [3.05, 3.63) is 0 Å². The molecule has 5 nitrogen and oxygen atoms in total. The molecule has 2 fully saturated rings. The number of carbonyl (C=O) groups excluding carboxylic acids is 1. The highest BCUT2D eigenvalue weighted by molar-refractivity contribution is 5.77. The van der Waals surface area contributed by atoms with Crippen molar-refractivity contribution in [1.82, 2.24) is 15.1 Å². The van der Waals surface area contributed by atoms with Gasteiger partial charge in [0.25, 0.3) is 0 Å². The molecule has 0 aliphatic carbocycles. The molecule has 2 saturated heterocycles. The minimum Gasteiger partial charge on any atom is -0.378 e. The standard InChI is InChI=1S/C13H25N3O2/c1-3-15-5-6-16(9-11(15)2)13(17)8-12-10-18-7-4-14-12/h11-12,14H,3-10H2,1-2H3. The number of piperazine rings is 1. The molecule has 0 spiro atoms. The van der Waals surface area contributed by atoms with Crippen molar-refractivity contribution in [3.8, 4) is 0 Å². The Morgan fingerprint density at radius 1 is 1.44 bits per heavy atom. The molecule has 2 atom stereocenters. The van der Waals surface area contributed by atoms with Crippen molar-refractivity contribution in [2.75, 3.05) is 45.9 Å². The number of likely N-dealkylation sites (N-methyl/N-ethyl adjacent to an activating group) is 1. The summed E-state index contributed by atoms with van der Waals surface area (Å²) in [5.74, 6) is 0.264. The summed E-state index contributed by atoms with van der Waals surface area (Å²) < 4.78 is 5.38. The first-order chi connectivity index (χ1) is 8.70. The van der Waals surface area contributed by atoms with E-state index in [-0.39, 0.29) is 11.9 Å². The molecule has 2 aliphatic rings. The fourth-order valence-corrected chi connectivity index (χ4v) is 2.78. The third-order valence-electron chi connectivity index (χ3n) is 3.94. The van der Waals surface area contributed by atoms with Gasteiger partial charge < -0.3 is 15.0 Å². The van der Waals surface area contributed by atoms with Crippen LogP contribution in [0.4, 0.5) is 0 Å². The second-order valence-electron chi connectivity index (χ2n) is 5.25. The maximum absolute atomic E-state index is 12.2. The molecule has 1 N–H and O–H groups in total. The van der Waals surface area contributed by atoms with Gasteiger partial charge in [-0.2, -0.15) is 0 Å². The number of nitrogens with zero attached hydrogens (tertiary/aromatic N) is 2. The molecule has 0 saturated carbocycles. The van der Waals surface area contributed by atoms with Gasteiger partial charge >= 0.3 is 0 Å². The van der Waals surface area contributed by atoms with Crippen LogP contribution in [-0.4, -0.2) is 73.7 Å². The average molecular weight is 255 g/mol. The number of rotatable bonds is 3. The Hall–Kier alpha value is -0.650. The molecule has 5 heteroatoms. The highest BCUT2D eigenvalue weighted by Crippen LogP contribution is 2.11. The van der Waals surface area contributed by atoms with Crippen LogP contribution < -0.4 is 5.32 Å². The minimum absolute atomic E-state index is 0.200. The second kappa shape index (κ2) is 6.50. The van der Waals surface area contributed by atoms with Gasteiger partial charge in [0.1, 0.15) is 0 Å². The van der Waals surface area contributed by atoms with Gasteiger partial charge in [-0.05, 0) is 13.5 Å². The zero-order valence-corrected chi connectivity index (χ0v) is 11.5. The Morgan fingerprint density at radius 2 is 2.28 bits per heavy atom. The normalized spacial score (nSPS) is 30.4. The largest absolute Gasteiger partial charge is 0.378 e. The maximum atomic E-state index is 12.2. The van der Waals surface area contributed by atoms with Crippen molar-refractivity contribution in [3.63, 3.8) is 0 Å². The predicted octanol–water partition coefficient (Wildman–Crippen LogP) is -0.0825. The van der Waals surface area contributed by atoms with E-state index in [1.54, 1.807) is 0 Å². The number of amides is 1. The summed E-state index contributed by atoms with van der Waals surface area (Å²) >= 11 is 0. The van der Waals surface area contributed by atoms with E-state index < -0.39 is 0 Å². The van der Waals surface area contributed by atoms with Crippen LogP contribution in [0, 0.1) is 0 Å². The van der Waals surface area contributed by atoms with Crippen LogP contribution >= 0.6 is 0 Å². The summed E-state index contributed by atoms with van der Waals surface area (Å²) in [5.41, 5.74) is 0. The number of carbonyl (C=O) groups is 1. The molecule has 0 radical (unpaired) electrons. The van der Waals surface area contributed by atoms with Gasteiger partial charge in [-0.15, -0.1) is 0 Å². The van der Waals surface area contributed by atoms with E-state index in [4.69, 9.17) is 4.74 Å². The lowest BCUT2D eigenvalue weighted by molar-refractivity contribution is -0.135. The van der Waals surface area contributed by atoms with Gasteiger partial charge in [0.05, 0.1) is 13.2 Å².